The predicted octanol–water partition coefficient (Wildman–Crippen LogP) is 1.96. The molecule has 0 radical (unpaired) electrons. The highest BCUT2D eigenvalue weighted by atomic mass is 16.5. The topological polar surface area (TPSA) is 83.8 Å². The van der Waals surface area contributed by atoms with Crippen molar-refractivity contribution >= 4 is 11.8 Å². The first-order valence-electron chi connectivity index (χ1n) is 5.92. The lowest BCUT2D eigenvalue weighted by molar-refractivity contribution is -0.144. The highest BCUT2D eigenvalue weighted by molar-refractivity contribution is 5.97. The van der Waals surface area contributed by atoms with Crippen LogP contribution >= 0.6 is 0 Å². The summed E-state index contributed by atoms with van der Waals surface area (Å²) in [7, 11) is 1.27. The quantitative estimate of drug-likeness (QED) is 0.643. The van der Waals surface area contributed by atoms with Crippen molar-refractivity contribution in [2.75, 3.05) is 7.11 Å². The number of benzene rings is 1. The van der Waals surface area contributed by atoms with Gasteiger partial charge in [-0.05, 0) is 31.9 Å². The van der Waals surface area contributed by atoms with Crippen LogP contribution in [0.3, 0.4) is 0 Å². The van der Waals surface area contributed by atoms with Crippen LogP contribution in [0.5, 0.6) is 11.5 Å². The summed E-state index contributed by atoms with van der Waals surface area (Å²) in [6.07, 6.45) is 0.103. The molecule has 0 aliphatic heterocycles. The third kappa shape index (κ3) is 3.05. The molecular formula is C14H18O5. The fourth-order valence-electron chi connectivity index (χ4n) is 1.92. The van der Waals surface area contributed by atoms with Crippen molar-refractivity contribution in [3.05, 3.63) is 22.8 Å². The summed E-state index contributed by atoms with van der Waals surface area (Å²) in [6.45, 7) is 4.59. The van der Waals surface area contributed by atoms with E-state index in [0.717, 1.165) is 0 Å². The normalized spacial score (nSPS) is 12.0. The van der Waals surface area contributed by atoms with Crippen LogP contribution in [0.1, 0.15) is 35.3 Å². The molecule has 1 rings (SSSR count). The average molecular weight is 266 g/mol. The van der Waals surface area contributed by atoms with Crippen LogP contribution < -0.4 is 0 Å². The van der Waals surface area contributed by atoms with Gasteiger partial charge in [0.1, 0.15) is 11.5 Å². The minimum absolute atomic E-state index is 0.0988. The molecule has 1 unspecified atom stereocenters. The first-order chi connectivity index (χ1) is 8.79. The first kappa shape index (κ1) is 15.0. The number of hydrogen-bond donors (Lipinski definition) is 2. The van der Waals surface area contributed by atoms with Gasteiger partial charge in [0.2, 0.25) is 0 Å². The van der Waals surface area contributed by atoms with E-state index in [9.17, 15) is 19.8 Å². The lowest BCUT2D eigenvalue weighted by Gasteiger charge is -2.15. The van der Waals surface area contributed by atoms with Gasteiger partial charge in [0.25, 0.3) is 0 Å². The van der Waals surface area contributed by atoms with Crippen molar-refractivity contribution < 1.29 is 24.5 Å². The van der Waals surface area contributed by atoms with Gasteiger partial charge in [-0.2, -0.15) is 0 Å². The summed E-state index contributed by atoms with van der Waals surface area (Å²) in [6, 6.07) is 1.43. The number of aryl methyl sites for hydroxylation is 1. The van der Waals surface area contributed by atoms with Crippen LogP contribution in [0.2, 0.25) is 0 Å². The number of esters is 1. The summed E-state index contributed by atoms with van der Waals surface area (Å²) in [5, 5.41) is 20.0. The Kier molecular flexibility index (Phi) is 4.53. The SMILES string of the molecule is COC(=O)C(C)Cc1c(O)c(C)cc(C(C)=O)c1O. The molecule has 5 nitrogen and oxygen atoms in total. The number of phenolic OH excluding ortho intramolecular Hbond substituents is 2. The largest absolute Gasteiger partial charge is 0.507 e. The molecule has 1 aromatic rings. The smallest absolute Gasteiger partial charge is 0.308 e. The van der Waals surface area contributed by atoms with Gasteiger partial charge < -0.3 is 14.9 Å². The highest BCUT2D eigenvalue weighted by Crippen LogP contribution is 2.36. The van der Waals surface area contributed by atoms with E-state index in [0.29, 0.717) is 5.56 Å². The summed E-state index contributed by atoms with van der Waals surface area (Å²) in [4.78, 5) is 22.8. The molecule has 0 fully saturated rings. The number of aromatic hydroxyl groups is 2. The monoisotopic (exact) mass is 266 g/mol. The molecule has 1 aromatic carbocycles. The Hall–Kier alpha value is -2.04. The van der Waals surface area contributed by atoms with Crippen molar-refractivity contribution in [2.45, 2.75) is 27.2 Å². The Morgan fingerprint density at radius 1 is 1.32 bits per heavy atom. The van der Waals surface area contributed by atoms with Gasteiger partial charge >= 0.3 is 5.97 Å². The zero-order valence-electron chi connectivity index (χ0n) is 11.5. The summed E-state index contributed by atoms with van der Waals surface area (Å²) in [5.74, 6) is -1.63. The molecule has 0 bridgehead atoms. The van der Waals surface area contributed by atoms with E-state index in [1.807, 2.05) is 0 Å². The zero-order valence-corrected chi connectivity index (χ0v) is 11.5. The Morgan fingerprint density at radius 2 is 1.89 bits per heavy atom. The number of carbonyl (C=O) groups excluding carboxylic acids is 2. The van der Waals surface area contributed by atoms with Gasteiger partial charge in [-0.1, -0.05) is 6.92 Å². The van der Waals surface area contributed by atoms with E-state index in [4.69, 9.17) is 0 Å². The minimum Gasteiger partial charge on any atom is -0.507 e. The average Bonchev–Trinajstić information content (AvgIpc) is 2.37. The van der Waals surface area contributed by atoms with Crippen molar-refractivity contribution in [1.82, 2.24) is 0 Å². The van der Waals surface area contributed by atoms with Gasteiger partial charge in [-0.25, -0.2) is 0 Å². The van der Waals surface area contributed by atoms with Crippen LogP contribution in [0.4, 0.5) is 0 Å². The Morgan fingerprint density at radius 3 is 2.37 bits per heavy atom. The lowest BCUT2D eigenvalue weighted by atomic mass is 9.94. The molecule has 104 valence electrons. The van der Waals surface area contributed by atoms with Crippen molar-refractivity contribution in [3.63, 3.8) is 0 Å². The maximum atomic E-state index is 11.4. The third-order valence-corrected chi connectivity index (χ3v) is 3.05. The number of phenols is 2. The molecule has 0 aromatic heterocycles. The minimum atomic E-state index is -0.525. The molecule has 1 atom stereocenters. The van der Waals surface area contributed by atoms with Gasteiger partial charge in [0.05, 0.1) is 18.6 Å². The fourth-order valence-corrected chi connectivity index (χ4v) is 1.92. The van der Waals surface area contributed by atoms with E-state index >= 15 is 0 Å². The second-order valence-electron chi connectivity index (χ2n) is 4.60. The van der Waals surface area contributed by atoms with E-state index in [2.05, 4.69) is 4.74 Å². The Labute approximate surface area is 111 Å². The number of ketones is 1. The van der Waals surface area contributed by atoms with Crippen LogP contribution in [-0.2, 0) is 16.0 Å². The summed E-state index contributed by atoms with van der Waals surface area (Å²) in [5.41, 5.74) is 0.820. The number of rotatable bonds is 4. The standard InChI is InChI=1S/C14H18O5/c1-7-5-10(9(3)15)13(17)11(12(7)16)6-8(2)14(18)19-4/h5,8,16-17H,6H2,1-4H3. The van der Waals surface area contributed by atoms with Crippen LogP contribution in [0, 0.1) is 12.8 Å². The number of Topliss-reactive ketones (excluding diaryl/α,β-unsaturated/α-hetero) is 1. The molecule has 2 N–H and O–H groups in total. The summed E-state index contributed by atoms with van der Waals surface area (Å²) >= 11 is 0. The summed E-state index contributed by atoms with van der Waals surface area (Å²) < 4.78 is 4.60. The van der Waals surface area contributed by atoms with Crippen molar-refractivity contribution in [1.29, 1.82) is 0 Å². The molecule has 0 heterocycles. The highest BCUT2D eigenvalue weighted by Gasteiger charge is 2.22. The van der Waals surface area contributed by atoms with E-state index in [1.165, 1.54) is 20.1 Å². The van der Waals surface area contributed by atoms with Crippen LogP contribution in [0.15, 0.2) is 6.07 Å². The number of hydrogen-bond acceptors (Lipinski definition) is 5. The number of methoxy groups -OCH3 is 1. The van der Waals surface area contributed by atoms with E-state index < -0.39 is 11.9 Å². The third-order valence-electron chi connectivity index (χ3n) is 3.05. The predicted molar refractivity (Wildman–Crippen MR) is 69.4 cm³/mol. The zero-order chi connectivity index (χ0) is 14.7. The fraction of sp³-hybridized carbons (Fsp3) is 0.429. The van der Waals surface area contributed by atoms with E-state index in [-0.39, 0.29) is 34.8 Å². The number of ether oxygens (including phenoxy) is 1. The van der Waals surface area contributed by atoms with Crippen molar-refractivity contribution in [2.24, 2.45) is 5.92 Å². The molecule has 0 spiro atoms. The molecule has 5 heteroatoms. The molecule has 0 aliphatic carbocycles. The van der Waals surface area contributed by atoms with E-state index in [1.54, 1.807) is 13.8 Å². The second-order valence-corrected chi connectivity index (χ2v) is 4.60. The van der Waals surface area contributed by atoms with Crippen LogP contribution in [-0.4, -0.2) is 29.1 Å². The molecule has 19 heavy (non-hydrogen) atoms. The van der Waals surface area contributed by atoms with Crippen LogP contribution in [0.25, 0.3) is 0 Å². The molecular weight excluding hydrogens is 248 g/mol. The lowest BCUT2D eigenvalue weighted by Crippen LogP contribution is -2.15. The Balaban J connectivity index is 3.26. The molecule has 0 amide bonds. The molecule has 0 saturated heterocycles. The molecule has 0 saturated carbocycles. The van der Waals surface area contributed by atoms with Crippen molar-refractivity contribution in [3.8, 4) is 11.5 Å². The number of carbonyl (C=O) groups is 2. The Bertz CT molecular complexity index is 519. The molecule has 0 aliphatic rings. The van der Waals surface area contributed by atoms with Gasteiger partial charge in [0, 0.05) is 5.56 Å². The maximum Gasteiger partial charge on any atom is 0.308 e. The first-order valence-corrected chi connectivity index (χ1v) is 5.92. The van der Waals surface area contributed by atoms with Gasteiger partial charge in [-0.15, -0.1) is 0 Å². The maximum absolute atomic E-state index is 11.4. The second kappa shape index (κ2) is 5.73. The van der Waals surface area contributed by atoms with Gasteiger partial charge in [-0.3, -0.25) is 9.59 Å². The van der Waals surface area contributed by atoms with Gasteiger partial charge in [0.15, 0.2) is 5.78 Å².